The van der Waals surface area contributed by atoms with E-state index in [1.165, 1.54) is 0 Å². The van der Waals surface area contributed by atoms with Crippen molar-refractivity contribution >= 4 is 0 Å². The highest BCUT2D eigenvalue weighted by Gasteiger charge is 2.41. The van der Waals surface area contributed by atoms with Gasteiger partial charge in [0.05, 0.1) is 25.4 Å². The van der Waals surface area contributed by atoms with Crippen LogP contribution in [-0.4, -0.2) is 24.9 Å². The van der Waals surface area contributed by atoms with E-state index >= 15 is 0 Å². The summed E-state index contributed by atoms with van der Waals surface area (Å²) in [6.07, 6.45) is 0.646. The van der Waals surface area contributed by atoms with Crippen LogP contribution in [0.3, 0.4) is 0 Å². The van der Waals surface area contributed by atoms with Gasteiger partial charge in [0, 0.05) is 6.61 Å². The molecule has 0 bridgehead atoms. The zero-order valence-electron chi connectivity index (χ0n) is 11.1. The standard InChI is InChI=1S/C15H19NO3/c1-2-19-13-6-4-12(5-7-13)14(17)15(10-16)8-3-9-18-11-15/h4-7,14,17H,2-3,8-9,11H2,1H3. The molecule has 0 spiro atoms. The molecule has 4 nitrogen and oxygen atoms in total. The van der Waals surface area contributed by atoms with Crippen molar-refractivity contribution in [3.8, 4) is 11.8 Å². The topological polar surface area (TPSA) is 62.5 Å². The molecule has 0 radical (unpaired) electrons. The summed E-state index contributed by atoms with van der Waals surface area (Å²) in [5, 5.41) is 19.9. The first-order valence-corrected chi connectivity index (χ1v) is 6.61. The minimum atomic E-state index is -0.828. The van der Waals surface area contributed by atoms with Gasteiger partial charge in [0.1, 0.15) is 11.2 Å². The van der Waals surface area contributed by atoms with Crippen molar-refractivity contribution in [2.45, 2.75) is 25.9 Å². The molecule has 1 N–H and O–H groups in total. The van der Waals surface area contributed by atoms with Crippen LogP contribution in [0.25, 0.3) is 0 Å². The fraction of sp³-hybridized carbons (Fsp3) is 0.533. The molecule has 0 aromatic heterocycles. The highest BCUT2D eigenvalue weighted by atomic mass is 16.5. The second-order valence-corrected chi connectivity index (χ2v) is 4.83. The van der Waals surface area contributed by atoms with Gasteiger partial charge in [0.25, 0.3) is 0 Å². The Morgan fingerprint density at radius 3 is 2.74 bits per heavy atom. The molecule has 1 aliphatic heterocycles. The molecule has 2 unspecified atom stereocenters. The van der Waals surface area contributed by atoms with E-state index in [1.54, 1.807) is 0 Å². The van der Waals surface area contributed by atoms with Crippen LogP contribution in [0, 0.1) is 16.7 Å². The molecule has 0 aliphatic carbocycles. The van der Waals surface area contributed by atoms with Crippen molar-refractivity contribution in [2.75, 3.05) is 19.8 Å². The summed E-state index contributed by atoms with van der Waals surface area (Å²) in [4.78, 5) is 0. The van der Waals surface area contributed by atoms with Gasteiger partial charge < -0.3 is 14.6 Å². The zero-order valence-corrected chi connectivity index (χ0v) is 11.1. The second-order valence-electron chi connectivity index (χ2n) is 4.83. The maximum atomic E-state index is 10.5. The molecule has 0 amide bonds. The van der Waals surface area contributed by atoms with Crippen LogP contribution < -0.4 is 4.74 Å². The van der Waals surface area contributed by atoms with Crippen LogP contribution in [0.15, 0.2) is 24.3 Å². The lowest BCUT2D eigenvalue weighted by molar-refractivity contribution is -0.0505. The largest absolute Gasteiger partial charge is 0.494 e. The SMILES string of the molecule is CCOc1ccc(C(O)C2(C#N)CCCOC2)cc1. The van der Waals surface area contributed by atoms with Crippen molar-refractivity contribution in [2.24, 2.45) is 5.41 Å². The Kier molecular flexibility index (Phi) is 4.41. The van der Waals surface area contributed by atoms with E-state index in [0.29, 0.717) is 19.6 Å². The average molecular weight is 261 g/mol. The summed E-state index contributed by atoms with van der Waals surface area (Å²) in [6, 6.07) is 9.50. The third-order valence-corrected chi connectivity index (χ3v) is 3.52. The molecule has 2 rings (SSSR count). The third kappa shape index (κ3) is 2.89. The summed E-state index contributed by atoms with van der Waals surface area (Å²) >= 11 is 0. The maximum absolute atomic E-state index is 10.5. The van der Waals surface area contributed by atoms with Gasteiger partial charge in [-0.3, -0.25) is 0 Å². The van der Waals surface area contributed by atoms with E-state index in [1.807, 2.05) is 31.2 Å². The monoisotopic (exact) mass is 261 g/mol. The fourth-order valence-electron chi connectivity index (χ4n) is 2.41. The minimum absolute atomic E-state index is 0.290. The number of nitrogens with zero attached hydrogens (tertiary/aromatic N) is 1. The molecule has 19 heavy (non-hydrogen) atoms. The molecular formula is C15H19NO3. The number of aliphatic hydroxyl groups is 1. The van der Waals surface area contributed by atoms with Gasteiger partial charge in [0.2, 0.25) is 0 Å². The molecule has 2 atom stereocenters. The molecule has 0 saturated carbocycles. The van der Waals surface area contributed by atoms with E-state index in [4.69, 9.17) is 9.47 Å². The molecule has 1 aromatic rings. The van der Waals surface area contributed by atoms with Gasteiger partial charge in [-0.05, 0) is 37.5 Å². The first-order chi connectivity index (χ1) is 9.22. The smallest absolute Gasteiger partial charge is 0.119 e. The molecule has 102 valence electrons. The summed E-state index contributed by atoms with van der Waals surface area (Å²) in [5.74, 6) is 0.768. The highest BCUT2D eigenvalue weighted by Crippen LogP contribution is 2.40. The van der Waals surface area contributed by atoms with Crippen molar-refractivity contribution < 1.29 is 14.6 Å². The molecule has 1 aromatic carbocycles. The van der Waals surface area contributed by atoms with Crippen molar-refractivity contribution in [1.82, 2.24) is 0 Å². The number of hydrogen-bond acceptors (Lipinski definition) is 4. The fourth-order valence-corrected chi connectivity index (χ4v) is 2.41. The summed E-state index contributed by atoms with van der Waals surface area (Å²) in [6.45, 7) is 3.49. The molecule has 1 heterocycles. The predicted molar refractivity (Wildman–Crippen MR) is 70.7 cm³/mol. The van der Waals surface area contributed by atoms with E-state index < -0.39 is 11.5 Å². The number of benzene rings is 1. The normalized spacial score (nSPS) is 24.5. The lowest BCUT2D eigenvalue weighted by Gasteiger charge is -2.34. The van der Waals surface area contributed by atoms with E-state index in [0.717, 1.165) is 17.7 Å². The van der Waals surface area contributed by atoms with Crippen LogP contribution in [0.2, 0.25) is 0 Å². The van der Waals surface area contributed by atoms with Crippen molar-refractivity contribution in [3.05, 3.63) is 29.8 Å². The Morgan fingerprint density at radius 1 is 1.47 bits per heavy atom. The van der Waals surface area contributed by atoms with Crippen LogP contribution in [-0.2, 0) is 4.74 Å². The van der Waals surface area contributed by atoms with Gasteiger partial charge in [-0.2, -0.15) is 5.26 Å². The summed E-state index contributed by atoms with van der Waals surface area (Å²) < 4.78 is 10.7. The summed E-state index contributed by atoms with van der Waals surface area (Å²) in [5.41, 5.74) is -0.0960. The quantitative estimate of drug-likeness (QED) is 0.904. The van der Waals surface area contributed by atoms with E-state index in [2.05, 4.69) is 6.07 Å². The van der Waals surface area contributed by atoms with Gasteiger partial charge in [-0.15, -0.1) is 0 Å². The predicted octanol–water partition coefficient (Wildman–Crippen LogP) is 2.44. The lowest BCUT2D eigenvalue weighted by atomic mass is 9.76. The Balaban J connectivity index is 2.17. The Morgan fingerprint density at radius 2 is 2.21 bits per heavy atom. The Bertz CT molecular complexity index is 443. The van der Waals surface area contributed by atoms with Crippen molar-refractivity contribution in [1.29, 1.82) is 5.26 Å². The van der Waals surface area contributed by atoms with Crippen LogP contribution in [0.4, 0.5) is 0 Å². The molecule has 1 aliphatic rings. The first-order valence-electron chi connectivity index (χ1n) is 6.61. The molecular weight excluding hydrogens is 242 g/mol. The number of rotatable bonds is 4. The first kappa shape index (κ1) is 13.9. The number of hydrogen-bond donors (Lipinski definition) is 1. The zero-order chi connectivity index (χ0) is 13.7. The third-order valence-electron chi connectivity index (χ3n) is 3.52. The van der Waals surface area contributed by atoms with Crippen LogP contribution in [0.5, 0.6) is 5.75 Å². The van der Waals surface area contributed by atoms with Gasteiger partial charge in [-0.25, -0.2) is 0 Å². The maximum Gasteiger partial charge on any atom is 0.119 e. The molecule has 1 saturated heterocycles. The van der Waals surface area contributed by atoms with Crippen molar-refractivity contribution in [3.63, 3.8) is 0 Å². The average Bonchev–Trinajstić information content (AvgIpc) is 2.48. The lowest BCUT2D eigenvalue weighted by Crippen LogP contribution is -2.36. The molecule has 4 heteroatoms. The highest BCUT2D eigenvalue weighted by molar-refractivity contribution is 5.30. The van der Waals surface area contributed by atoms with Gasteiger partial charge in [-0.1, -0.05) is 12.1 Å². The van der Waals surface area contributed by atoms with Crippen LogP contribution >= 0.6 is 0 Å². The van der Waals surface area contributed by atoms with Crippen LogP contribution in [0.1, 0.15) is 31.4 Å². The number of ether oxygens (including phenoxy) is 2. The molecule has 1 fully saturated rings. The number of nitriles is 1. The summed E-state index contributed by atoms with van der Waals surface area (Å²) in [7, 11) is 0. The van der Waals surface area contributed by atoms with E-state index in [9.17, 15) is 10.4 Å². The Labute approximate surface area is 113 Å². The Hall–Kier alpha value is -1.57. The minimum Gasteiger partial charge on any atom is -0.494 e. The second kappa shape index (κ2) is 6.05. The van der Waals surface area contributed by atoms with E-state index in [-0.39, 0.29) is 6.61 Å². The van der Waals surface area contributed by atoms with Gasteiger partial charge >= 0.3 is 0 Å². The van der Waals surface area contributed by atoms with Gasteiger partial charge in [0.15, 0.2) is 0 Å². The number of aliphatic hydroxyl groups excluding tert-OH is 1.